The zero-order valence-electron chi connectivity index (χ0n) is 8.15. The minimum Gasteiger partial charge on any atom is -0.508 e. The number of fused-ring (bicyclic) bond motifs is 1. The van der Waals surface area contributed by atoms with E-state index in [-0.39, 0.29) is 0 Å². The molecule has 0 saturated heterocycles. The van der Waals surface area contributed by atoms with Crippen molar-refractivity contribution in [3.8, 4) is 5.75 Å². The molecule has 2 N–H and O–H groups in total. The summed E-state index contributed by atoms with van der Waals surface area (Å²) in [5.41, 5.74) is 4.98. The van der Waals surface area contributed by atoms with Gasteiger partial charge in [0.15, 0.2) is 0 Å². The molecule has 70 valence electrons. The van der Waals surface area contributed by atoms with Crippen molar-refractivity contribution in [3.63, 3.8) is 0 Å². The van der Waals surface area contributed by atoms with Gasteiger partial charge in [-0.15, -0.1) is 0 Å². The third-order valence-corrected chi connectivity index (χ3v) is 2.88. The first-order chi connectivity index (χ1) is 6.20. The highest BCUT2D eigenvalue weighted by atomic mass is 16.3. The predicted octanol–water partition coefficient (Wildman–Crippen LogP) is 1.65. The number of phenolic OH excluding ortho intramolecular Hbond substituents is 1. The number of rotatable bonds is 0. The summed E-state index contributed by atoms with van der Waals surface area (Å²) in [6.45, 7) is 6.01. The predicted molar refractivity (Wildman–Crippen MR) is 53.0 cm³/mol. The first-order valence-electron chi connectivity index (χ1n) is 4.72. The number of aryl methyl sites for hydroxylation is 1. The van der Waals surface area contributed by atoms with Crippen molar-refractivity contribution < 1.29 is 5.11 Å². The molecule has 1 aliphatic heterocycles. The Balaban J connectivity index is 2.63. The molecule has 0 aliphatic carbocycles. The summed E-state index contributed by atoms with van der Waals surface area (Å²) in [4.78, 5) is 0. The molecule has 0 bridgehead atoms. The lowest BCUT2D eigenvalue weighted by Crippen LogP contribution is -2.25. The van der Waals surface area contributed by atoms with Gasteiger partial charge in [0, 0.05) is 6.54 Å². The SMILES string of the molecule is Cc1cc(O)c(C)c2c1CCNC2. The van der Waals surface area contributed by atoms with Crippen molar-refractivity contribution in [2.75, 3.05) is 6.54 Å². The summed E-state index contributed by atoms with van der Waals surface area (Å²) in [5, 5.41) is 13.0. The maximum absolute atomic E-state index is 9.63. The van der Waals surface area contributed by atoms with Gasteiger partial charge in [-0.25, -0.2) is 0 Å². The summed E-state index contributed by atoms with van der Waals surface area (Å²) in [6, 6.07) is 1.87. The fraction of sp³-hybridized carbons (Fsp3) is 0.455. The Bertz CT molecular complexity index is 344. The van der Waals surface area contributed by atoms with Crippen LogP contribution in [0.25, 0.3) is 0 Å². The van der Waals surface area contributed by atoms with Crippen LogP contribution in [0.4, 0.5) is 0 Å². The van der Waals surface area contributed by atoms with Crippen molar-refractivity contribution in [3.05, 3.63) is 28.3 Å². The lowest BCUT2D eigenvalue weighted by atomic mass is 9.92. The number of hydrogen-bond donors (Lipinski definition) is 2. The number of hydrogen-bond acceptors (Lipinski definition) is 2. The molecule has 0 atom stereocenters. The number of benzene rings is 1. The molecule has 1 aromatic rings. The van der Waals surface area contributed by atoms with E-state index in [1.165, 1.54) is 16.7 Å². The maximum Gasteiger partial charge on any atom is 0.119 e. The Morgan fingerprint density at radius 1 is 1.31 bits per heavy atom. The molecule has 0 saturated carbocycles. The van der Waals surface area contributed by atoms with Crippen molar-refractivity contribution in [1.29, 1.82) is 0 Å². The molecular weight excluding hydrogens is 162 g/mol. The van der Waals surface area contributed by atoms with Gasteiger partial charge in [0.2, 0.25) is 0 Å². The fourth-order valence-corrected chi connectivity index (χ4v) is 2.03. The molecule has 1 heterocycles. The first-order valence-corrected chi connectivity index (χ1v) is 4.72. The Morgan fingerprint density at radius 3 is 2.85 bits per heavy atom. The summed E-state index contributed by atoms with van der Waals surface area (Å²) in [6.07, 6.45) is 1.09. The average Bonchev–Trinajstić information content (AvgIpc) is 2.15. The second-order valence-electron chi connectivity index (χ2n) is 3.72. The zero-order chi connectivity index (χ0) is 9.42. The molecule has 2 heteroatoms. The highest BCUT2D eigenvalue weighted by Crippen LogP contribution is 2.28. The lowest BCUT2D eigenvalue weighted by molar-refractivity contribution is 0.467. The van der Waals surface area contributed by atoms with Crippen LogP contribution in [0.5, 0.6) is 5.75 Å². The third-order valence-electron chi connectivity index (χ3n) is 2.88. The van der Waals surface area contributed by atoms with Gasteiger partial charge in [-0.3, -0.25) is 0 Å². The molecule has 1 aromatic carbocycles. The van der Waals surface area contributed by atoms with Gasteiger partial charge in [-0.05, 0) is 55.1 Å². The topological polar surface area (TPSA) is 32.3 Å². The van der Waals surface area contributed by atoms with E-state index in [4.69, 9.17) is 0 Å². The van der Waals surface area contributed by atoms with Crippen LogP contribution in [0.15, 0.2) is 6.07 Å². The zero-order valence-corrected chi connectivity index (χ0v) is 8.15. The molecule has 0 spiro atoms. The van der Waals surface area contributed by atoms with E-state index >= 15 is 0 Å². The monoisotopic (exact) mass is 177 g/mol. The van der Waals surface area contributed by atoms with Crippen LogP contribution >= 0.6 is 0 Å². The quantitative estimate of drug-likeness (QED) is 0.631. The Morgan fingerprint density at radius 2 is 2.08 bits per heavy atom. The normalized spacial score (nSPS) is 15.5. The fourth-order valence-electron chi connectivity index (χ4n) is 2.03. The van der Waals surface area contributed by atoms with Crippen LogP contribution in [0.1, 0.15) is 22.3 Å². The Hall–Kier alpha value is -1.02. The van der Waals surface area contributed by atoms with Crippen molar-refractivity contribution >= 4 is 0 Å². The van der Waals surface area contributed by atoms with Gasteiger partial charge in [-0.2, -0.15) is 0 Å². The highest BCUT2D eigenvalue weighted by molar-refractivity contribution is 5.48. The van der Waals surface area contributed by atoms with E-state index in [9.17, 15) is 5.11 Å². The molecule has 0 unspecified atom stereocenters. The summed E-state index contributed by atoms with van der Waals surface area (Å²) >= 11 is 0. The first kappa shape index (κ1) is 8.57. The molecule has 1 aliphatic rings. The molecule has 13 heavy (non-hydrogen) atoms. The highest BCUT2D eigenvalue weighted by Gasteiger charge is 2.15. The molecule has 2 rings (SSSR count). The van der Waals surface area contributed by atoms with Gasteiger partial charge >= 0.3 is 0 Å². The van der Waals surface area contributed by atoms with Gasteiger partial charge in [0.1, 0.15) is 5.75 Å². The van der Waals surface area contributed by atoms with Crippen LogP contribution in [0.2, 0.25) is 0 Å². The van der Waals surface area contributed by atoms with E-state index in [1.807, 2.05) is 13.0 Å². The largest absolute Gasteiger partial charge is 0.508 e. The van der Waals surface area contributed by atoms with Crippen LogP contribution < -0.4 is 5.32 Å². The Kier molecular flexibility index (Phi) is 2.00. The molecule has 0 radical (unpaired) electrons. The molecular formula is C11H15NO. The van der Waals surface area contributed by atoms with E-state index in [1.54, 1.807) is 0 Å². The number of nitrogens with one attached hydrogen (secondary N) is 1. The average molecular weight is 177 g/mol. The smallest absolute Gasteiger partial charge is 0.119 e. The molecule has 0 amide bonds. The van der Waals surface area contributed by atoms with E-state index < -0.39 is 0 Å². The summed E-state index contributed by atoms with van der Waals surface area (Å²) < 4.78 is 0. The van der Waals surface area contributed by atoms with Crippen molar-refractivity contribution in [1.82, 2.24) is 5.32 Å². The number of phenols is 1. The van der Waals surface area contributed by atoms with E-state index in [0.717, 1.165) is 25.1 Å². The van der Waals surface area contributed by atoms with E-state index in [2.05, 4.69) is 12.2 Å². The molecule has 2 nitrogen and oxygen atoms in total. The standard InChI is InChI=1S/C11H15NO/c1-7-5-11(13)8(2)10-6-12-4-3-9(7)10/h5,12-13H,3-4,6H2,1-2H3. The van der Waals surface area contributed by atoms with Crippen LogP contribution in [0.3, 0.4) is 0 Å². The van der Waals surface area contributed by atoms with E-state index in [0.29, 0.717) is 5.75 Å². The van der Waals surface area contributed by atoms with Crippen LogP contribution in [-0.2, 0) is 13.0 Å². The molecule has 0 fully saturated rings. The van der Waals surface area contributed by atoms with Crippen LogP contribution in [0, 0.1) is 13.8 Å². The lowest BCUT2D eigenvalue weighted by Gasteiger charge is -2.22. The van der Waals surface area contributed by atoms with Crippen molar-refractivity contribution in [2.45, 2.75) is 26.8 Å². The van der Waals surface area contributed by atoms with Crippen molar-refractivity contribution in [2.24, 2.45) is 0 Å². The van der Waals surface area contributed by atoms with Gasteiger partial charge in [0.25, 0.3) is 0 Å². The summed E-state index contributed by atoms with van der Waals surface area (Å²) in [5.74, 6) is 0.431. The Labute approximate surface area is 78.6 Å². The van der Waals surface area contributed by atoms with Gasteiger partial charge in [0.05, 0.1) is 0 Å². The second-order valence-corrected chi connectivity index (χ2v) is 3.72. The minimum absolute atomic E-state index is 0.431. The summed E-state index contributed by atoms with van der Waals surface area (Å²) in [7, 11) is 0. The molecule has 0 aromatic heterocycles. The second kappa shape index (κ2) is 3.04. The minimum atomic E-state index is 0.431. The van der Waals surface area contributed by atoms with Gasteiger partial charge < -0.3 is 10.4 Å². The number of aromatic hydroxyl groups is 1. The third kappa shape index (κ3) is 1.31. The maximum atomic E-state index is 9.63. The van der Waals surface area contributed by atoms with Crippen LogP contribution in [-0.4, -0.2) is 11.7 Å². The van der Waals surface area contributed by atoms with Gasteiger partial charge in [-0.1, -0.05) is 0 Å².